The second-order valence-corrected chi connectivity index (χ2v) is 6.20. The summed E-state index contributed by atoms with van der Waals surface area (Å²) in [6.07, 6.45) is 3.37. The van der Waals surface area contributed by atoms with Gasteiger partial charge in [0, 0.05) is 17.1 Å². The molecule has 0 bridgehead atoms. The van der Waals surface area contributed by atoms with E-state index in [9.17, 15) is 0 Å². The molecule has 0 heterocycles. The summed E-state index contributed by atoms with van der Waals surface area (Å²) in [4.78, 5) is 0. The second-order valence-electron chi connectivity index (χ2n) is 5.39. The summed E-state index contributed by atoms with van der Waals surface area (Å²) < 4.78 is 11.6. The molecule has 27 heavy (non-hydrogen) atoms. The van der Waals surface area contributed by atoms with Crippen LogP contribution >= 0.6 is 23.8 Å². The number of nitrogens with zero attached hydrogens (tertiary/aromatic N) is 1. The number of halogens is 1. The molecule has 2 aromatic carbocycles. The topological polar surface area (TPSA) is 54.9 Å². The molecule has 2 rings (SSSR count). The fourth-order valence-electron chi connectivity index (χ4n) is 2.13. The lowest BCUT2D eigenvalue weighted by Crippen LogP contribution is -2.31. The lowest BCUT2D eigenvalue weighted by molar-refractivity contribution is 0.269. The summed E-state index contributed by atoms with van der Waals surface area (Å²) in [7, 11) is 0. The standard InChI is InChI=1S/C20H22ClN3O2S/c1-3-11-22-20(27)24-23-13-15-9-10-18(19(12-15)25-4-2)26-14-16-7-5-6-8-17(16)21/h3,5-10,12-13H,1,4,11,14H2,2H3,(H2,22,24,27)/b23-13-. The van der Waals surface area contributed by atoms with Crippen LogP contribution in [0.2, 0.25) is 5.02 Å². The molecule has 0 aromatic heterocycles. The molecule has 0 spiro atoms. The molecular weight excluding hydrogens is 382 g/mol. The Balaban J connectivity index is 2.03. The van der Waals surface area contributed by atoms with E-state index >= 15 is 0 Å². The highest BCUT2D eigenvalue weighted by molar-refractivity contribution is 7.80. The van der Waals surface area contributed by atoms with Crippen LogP contribution in [0.3, 0.4) is 0 Å². The van der Waals surface area contributed by atoms with Gasteiger partial charge in [0.15, 0.2) is 16.6 Å². The molecule has 7 heteroatoms. The van der Waals surface area contributed by atoms with Gasteiger partial charge in [-0.05, 0) is 49.0 Å². The first-order valence-electron chi connectivity index (χ1n) is 8.45. The number of hydrazone groups is 1. The van der Waals surface area contributed by atoms with Crippen LogP contribution in [-0.4, -0.2) is 24.5 Å². The monoisotopic (exact) mass is 403 g/mol. The Bertz CT molecular complexity index is 812. The first kappa shape index (κ1) is 20.7. The lowest BCUT2D eigenvalue weighted by atomic mass is 10.2. The number of thiocarbonyl (C=S) groups is 1. The summed E-state index contributed by atoms with van der Waals surface area (Å²) >= 11 is 11.2. The van der Waals surface area contributed by atoms with Crippen molar-refractivity contribution in [3.05, 3.63) is 71.3 Å². The van der Waals surface area contributed by atoms with Gasteiger partial charge in [-0.2, -0.15) is 5.10 Å². The third-order valence-electron chi connectivity index (χ3n) is 3.40. The number of ether oxygens (including phenoxy) is 2. The van der Waals surface area contributed by atoms with Crippen LogP contribution in [0.5, 0.6) is 11.5 Å². The van der Waals surface area contributed by atoms with Gasteiger partial charge >= 0.3 is 0 Å². The molecule has 0 atom stereocenters. The minimum atomic E-state index is 0.359. The first-order chi connectivity index (χ1) is 13.1. The van der Waals surface area contributed by atoms with E-state index in [1.807, 2.05) is 49.4 Å². The van der Waals surface area contributed by atoms with Gasteiger partial charge < -0.3 is 14.8 Å². The molecule has 0 aliphatic heterocycles. The van der Waals surface area contributed by atoms with E-state index in [0.717, 1.165) is 11.1 Å². The van der Waals surface area contributed by atoms with Crippen LogP contribution in [0.25, 0.3) is 0 Å². The molecule has 0 aliphatic carbocycles. The number of rotatable bonds is 9. The molecule has 0 aliphatic rings. The van der Waals surface area contributed by atoms with Gasteiger partial charge in [-0.15, -0.1) is 6.58 Å². The maximum absolute atomic E-state index is 6.17. The summed E-state index contributed by atoms with van der Waals surface area (Å²) in [6.45, 7) is 6.99. The molecular formula is C20H22ClN3O2S. The SMILES string of the molecule is C=CCNC(=S)N/N=C\c1ccc(OCc2ccccc2Cl)c(OCC)c1. The normalized spacial score (nSPS) is 10.4. The lowest BCUT2D eigenvalue weighted by Gasteiger charge is -2.13. The summed E-state index contributed by atoms with van der Waals surface area (Å²) in [5.74, 6) is 1.28. The van der Waals surface area contributed by atoms with Crippen molar-refractivity contribution >= 4 is 35.1 Å². The van der Waals surface area contributed by atoms with Crippen LogP contribution in [0.1, 0.15) is 18.1 Å². The van der Waals surface area contributed by atoms with Gasteiger partial charge in [-0.25, -0.2) is 0 Å². The fourth-order valence-corrected chi connectivity index (χ4v) is 2.46. The number of hydrogen-bond acceptors (Lipinski definition) is 4. The van der Waals surface area contributed by atoms with Crippen molar-refractivity contribution in [3.8, 4) is 11.5 Å². The van der Waals surface area contributed by atoms with Gasteiger partial charge in [0.1, 0.15) is 6.61 Å². The summed E-state index contributed by atoms with van der Waals surface area (Å²) in [5.41, 5.74) is 4.50. The highest BCUT2D eigenvalue weighted by Gasteiger charge is 2.08. The van der Waals surface area contributed by atoms with E-state index < -0.39 is 0 Å². The average molecular weight is 404 g/mol. The molecule has 0 saturated heterocycles. The van der Waals surface area contributed by atoms with Crippen LogP contribution in [-0.2, 0) is 6.61 Å². The molecule has 2 aromatic rings. The van der Waals surface area contributed by atoms with Crippen molar-refractivity contribution in [3.63, 3.8) is 0 Å². The number of hydrogen-bond donors (Lipinski definition) is 2. The maximum atomic E-state index is 6.17. The molecule has 0 unspecified atom stereocenters. The smallest absolute Gasteiger partial charge is 0.187 e. The summed E-state index contributed by atoms with van der Waals surface area (Å²) in [5, 5.41) is 8.13. The van der Waals surface area contributed by atoms with Gasteiger partial charge in [-0.3, -0.25) is 5.43 Å². The first-order valence-corrected chi connectivity index (χ1v) is 9.23. The molecule has 142 valence electrons. The van der Waals surface area contributed by atoms with Crippen LogP contribution in [0, 0.1) is 0 Å². The summed E-state index contributed by atoms with van der Waals surface area (Å²) in [6, 6.07) is 13.2. The van der Waals surface area contributed by atoms with Crippen LogP contribution in [0.15, 0.2) is 60.2 Å². The Labute approximate surface area is 170 Å². The molecule has 0 radical (unpaired) electrons. The predicted octanol–water partition coefficient (Wildman–Crippen LogP) is 4.30. The van der Waals surface area contributed by atoms with E-state index in [4.69, 9.17) is 33.3 Å². The highest BCUT2D eigenvalue weighted by atomic mass is 35.5. The van der Waals surface area contributed by atoms with E-state index in [1.54, 1.807) is 12.3 Å². The Morgan fingerprint density at radius 1 is 1.22 bits per heavy atom. The zero-order chi connectivity index (χ0) is 19.5. The third-order valence-corrected chi connectivity index (χ3v) is 4.00. The quantitative estimate of drug-likeness (QED) is 0.283. The molecule has 0 amide bonds. The highest BCUT2D eigenvalue weighted by Crippen LogP contribution is 2.29. The minimum Gasteiger partial charge on any atom is -0.490 e. The van der Waals surface area contributed by atoms with Crippen molar-refractivity contribution in [2.75, 3.05) is 13.2 Å². The van der Waals surface area contributed by atoms with Crippen molar-refractivity contribution < 1.29 is 9.47 Å². The van der Waals surface area contributed by atoms with Gasteiger partial charge in [-0.1, -0.05) is 35.9 Å². The Morgan fingerprint density at radius 3 is 2.78 bits per heavy atom. The molecule has 2 N–H and O–H groups in total. The van der Waals surface area contributed by atoms with E-state index in [2.05, 4.69) is 22.4 Å². The third kappa shape index (κ3) is 6.92. The fraction of sp³-hybridized carbons (Fsp3) is 0.200. The van der Waals surface area contributed by atoms with Crippen molar-refractivity contribution in [1.82, 2.24) is 10.7 Å². The minimum absolute atomic E-state index is 0.359. The van der Waals surface area contributed by atoms with Gasteiger partial charge in [0.05, 0.1) is 12.8 Å². The Morgan fingerprint density at radius 2 is 2.04 bits per heavy atom. The van der Waals surface area contributed by atoms with Gasteiger partial charge in [0.2, 0.25) is 0 Å². The molecule has 0 fully saturated rings. The maximum Gasteiger partial charge on any atom is 0.187 e. The van der Waals surface area contributed by atoms with E-state index in [1.165, 1.54) is 0 Å². The zero-order valence-electron chi connectivity index (χ0n) is 15.1. The van der Waals surface area contributed by atoms with Crippen LogP contribution < -0.4 is 20.2 Å². The van der Waals surface area contributed by atoms with Gasteiger partial charge in [0.25, 0.3) is 0 Å². The largest absolute Gasteiger partial charge is 0.490 e. The van der Waals surface area contributed by atoms with Crippen molar-refractivity contribution in [2.45, 2.75) is 13.5 Å². The Hall–Kier alpha value is -2.57. The zero-order valence-corrected chi connectivity index (χ0v) is 16.6. The Kier molecular flexibility index (Phi) is 8.61. The van der Waals surface area contributed by atoms with Crippen molar-refractivity contribution in [1.29, 1.82) is 0 Å². The number of benzene rings is 2. The van der Waals surface area contributed by atoms with Crippen molar-refractivity contribution in [2.24, 2.45) is 5.10 Å². The predicted molar refractivity (Wildman–Crippen MR) is 115 cm³/mol. The number of nitrogens with one attached hydrogen (secondary N) is 2. The van der Waals surface area contributed by atoms with E-state index in [-0.39, 0.29) is 0 Å². The second kappa shape index (κ2) is 11.2. The molecule has 5 nitrogen and oxygen atoms in total. The molecule has 0 saturated carbocycles. The van der Waals surface area contributed by atoms with Crippen LogP contribution in [0.4, 0.5) is 0 Å². The van der Waals surface area contributed by atoms with E-state index in [0.29, 0.717) is 41.4 Å². The average Bonchev–Trinajstić information content (AvgIpc) is 2.67.